The van der Waals surface area contributed by atoms with Gasteiger partial charge < -0.3 is 15.0 Å². The van der Waals surface area contributed by atoms with Crippen molar-refractivity contribution in [3.8, 4) is 5.75 Å². The highest BCUT2D eigenvalue weighted by atomic mass is 32.2. The molecule has 0 aromatic heterocycles. The summed E-state index contributed by atoms with van der Waals surface area (Å²) in [7, 11) is -2.29. The van der Waals surface area contributed by atoms with Crippen LogP contribution in [0.3, 0.4) is 0 Å². The zero-order valence-corrected chi connectivity index (χ0v) is 23.1. The van der Waals surface area contributed by atoms with Crippen LogP contribution < -0.4 is 14.4 Å². The summed E-state index contributed by atoms with van der Waals surface area (Å²) < 4.78 is 32.1. The molecule has 0 aliphatic rings. The highest BCUT2D eigenvalue weighted by molar-refractivity contribution is 7.92. The largest absolute Gasteiger partial charge is 0.494 e. The van der Waals surface area contributed by atoms with Crippen molar-refractivity contribution < 1.29 is 22.7 Å². The molecule has 202 valence electrons. The zero-order valence-electron chi connectivity index (χ0n) is 22.3. The summed E-state index contributed by atoms with van der Waals surface area (Å²) in [4.78, 5) is 28.5. The van der Waals surface area contributed by atoms with Crippen LogP contribution in [0.15, 0.2) is 78.9 Å². The summed E-state index contributed by atoms with van der Waals surface area (Å²) in [5.41, 5.74) is 3.11. The van der Waals surface area contributed by atoms with Gasteiger partial charge in [-0.3, -0.25) is 13.9 Å². The number of nitrogens with zero attached hydrogens (tertiary/aromatic N) is 2. The van der Waals surface area contributed by atoms with Crippen molar-refractivity contribution in [2.24, 2.45) is 0 Å². The molecule has 3 rings (SSSR count). The number of rotatable bonds is 12. The number of likely N-dealkylation sites (N-methyl/N-ethyl adjacent to an activating group) is 1. The topological polar surface area (TPSA) is 96.0 Å². The van der Waals surface area contributed by atoms with Gasteiger partial charge in [0.15, 0.2) is 0 Å². The van der Waals surface area contributed by atoms with Crippen molar-refractivity contribution in [3.63, 3.8) is 0 Å². The van der Waals surface area contributed by atoms with Gasteiger partial charge in [0, 0.05) is 20.0 Å². The van der Waals surface area contributed by atoms with Crippen LogP contribution in [0.5, 0.6) is 5.75 Å². The van der Waals surface area contributed by atoms with Gasteiger partial charge in [0.05, 0.1) is 18.6 Å². The molecule has 3 aromatic carbocycles. The van der Waals surface area contributed by atoms with E-state index >= 15 is 0 Å². The maximum absolute atomic E-state index is 13.9. The predicted octanol–water partition coefficient (Wildman–Crippen LogP) is 3.55. The highest BCUT2D eigenvalue weighted by Gasteiger charge is 2.32. The summed E-state index contributed by atoms with van der Waals surface area (Å²) in [5, 5.41) is 2.67. The van der Waals surface area contributed by atoms with Crippen molar-refractivity contribution in [1.82, 2.24) is 10.2 Å². The Labute approximate surface area is 225 Å². The number of hydrogen-bond donors (Lipinski definition) is 1. The Morgan fingerprint density at radius 2 is 1.55 bits per heavy atom. The summed E-state index contributed by atoms with van der Waals surface area (Å²) in [6.45, 7) is 3.99. The van der Waals surface area contributed by atoms with Crippen LogP contribution in [-0.4, -0.2) is 57.6 Å². The first-order chi connectivity index (χ1) is 18.1. The molecule has 3 aromatic rings. The number of ether oxygens (including phenoxy) is 1. The number of nitrogens with one attached hydrogen (secondary N) is 1. The molecule has 1 atom stereocenters. The number of amides is 2. The van der Waals surface area contributed by atoms with E-state index in [-0.39, 0.29) is 18.9 Å². The minimum Gasteiger partial charge on any atom is -0.494 e. The first-order valence-electron chi connectivity index (χ1n) is 12.4. The lowest BCUT2D eigenvalue weighted by Crippen LogP contribution is -2.52. The van der Waals surface area contributed by atoms with Crippen molar-refractivity contribution in [1.29, 1.82) is 0 Å². The van der Waals surface area contributed by atoms with Gasteiger partial charge in [-0.2, -0.15) is 0 Å². The van der Waals surface area contributed by atoms with Crippen LogP contribution in [-0.2, 0) is 32.6 Å². The lowest BCUT2D eigenvalue weighted by molar-refractivity contribution is -0.139. The third kappa shape index (κ3) is 7.82. The van der Waals surface area contributed by atoms with E-state index in [4.69, 9.17) is 4.74 Å². The van der Waals surface area contributed by atoms with Crippen LogP contribution in [0.1, 0.15) is 23.6 Å². The fourth-order valence-electron chi connectivity index (χ4n) is 4.10. The van der Waals surface area contributed by atoms with Gasteiger partial charge in [-0.1, -0.05) is 60.2 Å². The van der Waals surface area contributed by atoms with Crippen molar-refractivity contribution in [3.05, 3.63) is 95.6 Å². The number of carbonyl (C=O) groups is 2. The number of carbonyl (C=O) groups excluding carboxylic acids is 2. The predicted molar refractivity (Wildman–Crippen MR) is 150 cm³/mol. The molecular formula is C29H35N3O5S. The average Bonchev–Trinajstić information content (AvgIpc) is 2.90. The van der Waals surface area contributed by atoms with Crippen LogP contribution in [0.2, 0.25) is 0 Å². The first-order valence-corrected chi connectivity index (χ1v) is 14.3. The molecule has 0 fully saturated rings. The molecule has 0 heterocycles. The lowest BCUT2D eigenvalue weighted by atomic mass is 10.0. The van der Waals surface area contributed by atoms with Gasteiger partial charge in [-0.05, 0) is 49.2 Å². The van der Waals surface area contributed by atoms with Crippen LogP contribution in [0.25, 0.3) is 0 Å². The number of sulfonamides is 1. The second-order valence-electron chi connectivity index (χ2n) is 9.02. The second kappa shape index (κ2) is 13.1. The van der Waals surface area contributed by atoms with Crippen LogP contribution in [0.4, 0.5) is 5.69 Å². The maximum Gasteiger partial charge on any atom is 0.244 e. The molecule has 38 heavy (non-hydrogen) atoms. The minimum atomic E-state index is -3.82. The Bertz CT molecular complexity index is 1310. The van der Waals surface area contributed by atoms with E-state index < -0.39 is 28.5 Å². The molecule has 9 heteroatoms. The Balaban J connectivity index is 1.99. The molecule has 0 bridgehead atoms. The average molecular weight is 538 g/mol. The van der Waals surface area contributed by atoms with Gasteiger partial charge in [0.1, 0.15) is 18.3 Å². The Morgan fingerprint density at radius 1 is 0.921 bits per heavy atom. The zero-order chi connectivity index (χ0) is 27.7. The summed E-state index contributed by atoms with van der Waals surface area (Å²) in [6, 6.07) is 22.8. The smallest absolute Gasteiger partial charge is 0.244 e. The molecule has 0 radical (unpaired) electrons. The first kappa shape index (κ1) is 28.7. The molecule has 1 N–H and O–H groups in total. The summed E-state index contributed by atoms with van der Waals surface area (Å²) in [6.07, 6.45) is 1.33. The van der Waals surface area contributed by atoms with Gasteiger partial charge in [-0.25, -0.2) is 8.42 Å². The molecule has 0 aliphatic heterocycles. The Hall–Kier alpha value is -3.85. The summed E-state index contributed by atoms with van der Waals surface area (Å²) >= 11 is 0. The number of anilines is 1. The normalized spacial score (nSPS) is 11.9. The fourth-order valence-corrected chi connectivity index (χ4v) is 4.95. The van der Waals surface area contributed by atoms with E-state index in [0.717, 1.165) is 27.3 Å². The highest BCUT2D eigenvalue weighted by Crippen LogP contribution is 2.23. The van der Waals surface area contributed by atoms with E-state index in [2.05, 4.69) is 5.32 Å². The Morgan fingerprint density at radius 3 is 2.11 bits per heavy atom. The lowest BCUT2D eigenvalue weighted by Gasteiger charge is -2.33. The SMILES string of the molecule is CCOc1ccc(N(CC(=O)N(Cc2ccc(C)cc2)C(Cc2ccccc2)C(=O)NC)S(C)(=O)=O)cc1. The molecule has 1 unspecified atom stereocenters. The number of benzene rings is 3. The van der Waals surface area contributed by atoms with Crippen molar-refractivity contribution in [2.75, 3.05) is 30.8 Å². The Kier molecular flexibility index (Phi) is 9.90. The quantitative estimate of drug-likeness (QED) is 0.381. The van der Waals surface area contributed by atoms with Gasteiger partial charge in [0.2, 0.25) is 21.8 Å². The van der Waals surface area contributed by atoms with E-state index in [0.29, 0.717) is 18.0 Å². The van der Waals surface area contributed by atoms with Gasteiger partial charge >= 0.3 is 0 Å². The van der Waals surface area contributed by atoms with Crippen LogP contribution in [0, 0.1) is 6.92 Å². The third-order valence-electron chi connectivity index (χ3n) is 6.11. The van der Waals surface area contributed by atoms with Gasteiger partial charge in [-0.15, -0.1) is 0 Å². The molecule has 0 saturated heterocycles. The second-order valence-corrected chi connectivity index (χ2v) is 10.9. The number of aryl methyl sites for hydroxylation is 1. The van der Waals surface area contributed by atoms with Crippen LogP contribution >= 0.6 is 0 Å². The van der Waals surface area contributed by atoms with E-state index in [1.165, 1.54) is 11.9 Å². The minimum absolute atomic E-state index is 0.144. The molecule has 2 amide bonds. The van der Waals surface area contributed by atoms with E-state index in [1.807, 2.05) is 68.4 Å². The van der Waals surface area contributed by atoms with E-state index in [9.17, 15) is 18.0 Å². The molecular weight excluding hydrogens is 502 g/mol. The van der Waals surface area contributed by atoms with Crippen molar-refractivity contribution in [2.45, 2.75) is 32.9 Å². The molecule has 0 aliphatic carbocycles. The van der Waals surface area contributed by atoms with Gasteiger partial charge in [0.25, 0.3) is 0 Å². The standard InChI is InChI=1S/C29H35N3O5S/c1-5-37-26-17-15-25(16-18-26)32(38(4,35)36)21-28(33)31(20-24-13-11-22(2)12-14-24)27(29(34)30-3)19-23-9-7-6-8-10-23/h6-18,27H,5,19-21H2,1-4H3,(H,30,34). The third-order valence-corrected chi connectivity index (χ3v) is 7.25. The molecule has 0 saturated carbocycles. The number of hydrogen-bond acceptors (Lipinski definition) is 5. The van der Waals surface area contributed by atoms with Crippen molar-refractivity contribution >= 4 is 27.5 Å². The van der Waals surface area contributed by atoms with E-state index in [1.54, 1.807) is 24.3 Å². The summed E-state index contributed by atoms with van der Waals surface area (Å²) in [5.74, 6) is -0.227. The maximum atomic E-state index is 13.9. The molecule has 8 nitrogen and oxygen atoms in total. The molecule has 0 spiro atoms. The monoisotopic (exact) mass is 537 g/mol. The fraction of sp³-hybridized carbons (Fsp3) is 0.310.